The number of rotatable bonds is 3. The normalized spacial score (nSPS) is 23.4. The highest BCUT2D eigenvalue weighted by atomic mass is 79.9. The van der Waals surface area contributed by atoms with Gasteiger partial charge in [0, 0.05) is 17.1 Å². The maximum Gasteiger partial charge on any atom is 0.250 e. The van der Waals surface area contributed by atoms with E-state index in [4.69, 9.17) is 11.5 Å². The zero-order chi connectivity index (χ0) is 14.0. The molecule has 4 nitrogen and oxygen atoms in total. The lowest BCUT2D eigenvalue weighted by atomic mass is 9.92. The molecule has 1 heterocycles. The van der Waals surface area contributed by atoms with E-state index in [1.807, 2.05) is 12.1 Å². The van der Waals surface area contributed by atoms with Gasteiger partial charge in [-0.1, -0.05) is 15.9 Å². The van der Waals surface area contributed by atoms with Gasteiger partial charge in [-0.3, -0.25) is 4.79 Å². The number of hydrogen-bond donors (Lipinski definition) is 2. The van der Waals surface area contributed by atoms with Gasteiger partial charge in [0.1, 0.15) is 0 Å². The summed E-state index contributed by atoms with van der Waals surface area (Å²) in [6, 6.07) is 5.99. The second kappa shape index (κ2) is 5.92. The first-order valence-electron chi connectivity index (χ1n) is 6.59. The van der Waals surface area contributed by atoms with Crippen molar-refractivity contribution < 1.29 is 4.79 Å². The van der Waals surface area contributed by atoms with E-state index in [0.29, 0.717) is 24.1 Å². The molecule has 0 bridgehead atoms. The first-order chi connectivity index (χ1) is 9.02. The molecule has 1 aliphatic heterocycles. The van der Waals surface area contributed by atoms with Crippen LogP contribution in [0.25, 0.3) is 0 Å². The number of benzene rings is 1. The van der Waals surface area contributed by atoms with Crippen molar-refractivity contribution in [2.45, 2.75) is 25.8 Å². The molecule has 1 fully saturated rings. The molecule has 2 atom stereocenters. The van der Waals surface area contributed by atoms with Crippen molar-refractivity contribution in [3.05, 3.63) is 28.2 Å². The van der Waals surface area contributed by atoms with Gasteiger partial charge in [0.2, 0.25) is 0 Å². The zero-order valence-electron chi connectivity index (χ0n) is 11.1. The Morgan fingerprint density at radius 3 is 2.84 bits per heavy atom. The molecule has 0 saturated carbocycles. The van der Waals surface area contributed by atoms with Crippen LogP contribution in [-0.4, -0.2) is 25.0 Å². The minimum Gasteiger partial charge on any atom is -0.368 e. The molecule has 104 valence electrons. The Morgan fingerprint density at radius 1 is 1.47 bits per heavy atom. The minimum atomic E-state index is -0.385. The Balaban J connectivity index is 2.38. The van der Waals surface area contributed by atoms with Gasteiger partial charge in [-0.25, -0.2) is 0 Å². The van der Waals surface area contributed by atoms with Crippen LogP contribution in [0.1, 0.15) is 30.1 Å². The Labute approximate surface area is 122 Å². The van der Waals surface area contributed by atoms with E-state index in [0.717, 1.165) is 29.5 Å². The fourth-order valence-electron chi connectivity index (χ4n) is 2.66. The molecule has 1 amide bonds. The number of nitrogens with zero attached hydrogens (tertiary/aromatic N) is 1. The third-order valence-electron chi connectivity index (χ3n) is 3.85. The Morgan fingerprint density at radius 2 is 2.21 bits per heavy atom. The number of nitrogens with two attached hydrogens (primary N) is 2. The Bertz CT molecular complexity index is 478. The van der Waals surface area contributed by atoms with Crippen LogP contribution in [-0.2, 0) is 0 Å². The van der Waals surface area contributed by atoms with Crippen LogP contribution < -0.4 is 16.4 Å². The van der Waals surface area contributed by atoms with Crippen molar-refractivity contribution >= 4 is 27.5 Å². The summed E-state index contributed by atoms with van der Waals surface area (Å²) in [5.74, 6) is 0.0977. The standard InChI is InChI=1S/C14H20BrN3O/c1-9-2-3-10(7-16)8-18(9)13-6-11(15)4-5-12(13)14(17)19/h4-6,9-10H,2-3,7-8,16H2,1H3,(H2,17,19). The summed E-state index contributed by atoms with van der Waals surface area (Å²) < 4.78 is 0.953. The summed E-state index contributed by atoms with van der Waals surface area (Å²) in [5, 5.41) is 0. The highest BCUT2D eigenvalue weighted by Gasteiger charge is 2.27. The van der Waals surface area contributed by atoms with Crippen LogP contribution in [0.2, 0.25) is 0 Å². The lowest BCUT2D eigenvalue weighted by Crippen LogP contribution is -2.44. The molecule has 5 heteroatoms. The van der Waals surface area contributed by atoms with Gasteiger partial charge in [-0.2, -0.15) is 0 Å². The number of carbonyl (C=O) groups excluding carboxylic acids is 1. The average molecular weight is 326 g/mol. The molecular weight excluding hydrogens is 306 g/mol. The zero-order valence-corrected chi connectivity index (χ0v) is 12.7. The highest BCUT2D eigenvalue weighted by Crippen LogP contribution is 2.31. The van der Waals surface area contributed by atoms with Crippen LogP contribution >= 0.6 is 15.9 Å². The average Bonchev–Trinajstić information content (AvgIpc) is 2.38. The van der Waals surface area contributed by atoms with Crippen molar-refractivity contribution in [3.8, 4) is 0 Å². The van der Waals surface area contributed by atoms with E-state index in [1.54, 1.807) is 6.07 Å². The predicted molar refractivity (Wildman–Crippen MR) is 81.2 cm³/mol. The van der Waals surface area contributed by atoms with Crippen LogP contribution in [0.15, 0.2) is 22.7 Å². The largest absolute Gasteiger partial charge is 0.368 e. The van der Waals surface area contributed by atoms with E-state index in [-0.39, 0.29) is 5.91 Å². The topological polar surface area (TPSA) is 72.3 Å². The predicted octanol–water partition coefficient (Wildman–Crippen LogP) is 2.11. The lowest BCUT2D eigenvalue weighted by Gasteiger charge is -2.40. The van der Waals surface area contributed by atoms with Crippen molar-refractivity contribution in [1.29, 1.82) is 0 Å². The van der Waals surface area contributed by atoms with E-state index >= 15 is 0 Å². The molecule has 0 spiro atoms. The Hall–Kier alpha value is -1.07. The molecule has 0 aromatic heterocycles. The first kappa shape index (κ1) is 14.3. The number of halogens is 1. The van der Waals surface area contributed by atoms with Crippen LogP contribution in [0.3, 0.4) is 0 Å². The SMILES string of the molecule is CC1CCC(CN)CN1c1cc(Br)ccc1C(N)=O. The Kier molecular flexibility index (Phi) is 4.47. The second-order valence-corrected chi connectivity index (χ2v) is 6.12. The fourth-order valence-corrected chi connectivity index (χ4v) is 3.01. The molecule has 1 aromatic carbocycles. The lowest BCUT2D eigenvalue weighted by molar-refractivity contribution is 0.100. The van der Waals surface area contributed by atoms with E-state index in [9.17, 15) is 4.79 Å². The van der Waals surface area contributed by atoms with Crippen LogP contribution in [0.4, 0.5) is 5.69 Å². The number of anilines is 1. The van der Waals surface area contributed by atoms with Gasteiger partial charge in [-0.15, -0.1) is 0 Å². The second-order valence-electron chi connectivity index (χ2n) is 5.21. The van der Waals surface area contributed by atoms with Gasteiger partial charge in [0.15, 0.2) is 0 Å². The number of piperidine rings is 1. The van der Waals surface area contributed by atoms with Gasteiger partial charge in [-0.05, 0) is 50.4 Å². The molecule has 1 aliphatic rings. The molecule has 1 saturated heterocycles. The fraction of sp³-hybridized carbons (Fsp3) is 0.500. The molecule has 1 aromatic rings. The third kappa shape index (κ3) is 3.09. The molecule has 0 aliphatic carbocycles. The first-order valence-corrected chi connectivity index (χ1v) is 7.38. The van der Waals surface area contributed by atoms with Crippen molar-refractivity contribution in [3.63, 3.8) is 0 Å². The summed E-state index contributed by atoms with van der Waals surface area (Å²) in [6.07, 6.45) is 2.24. The maximum absolute atomic E-state index is 11.6. The van der Waals surface area contributed by atoms with Crippen molar-refractivity contribution in [2.75, 3.05) is 18.0 Å². The van der Waals surface area contributed by atoms with Gasteiger partial charge in [0.05, 0.1) is 11.3 Å². The summed E-state index contributed by atoms with van der Waals surface area (Å²) in [6.45, 7) is 3.75. The summed E-state index contributed by atoms with van der Waals surface area (Å²) in [7, 11) is 0. The smallest absolute Gasteiger partial charge is 0.250 e. The molecular formula is C14H20BrN3O. The van der Waals surface area contributed by atoms with Crippen molar-refractivity contribution in [2.24, 2.45) is 17.4 Å². The monoisotopic (exact) mass is 325 g/mol. The molecule has 19 heavy (non-hydrogen) atoms. The maximum atomic E-state index is 11.6. The van der Waals surface area contributed by atoms with Gasteiger partial charge in [0.25, 0.3) is 5.91 Å². The third-order valence-corrected chi connectivity index (χ3v) is 4.34. The molecule has 4 N–H and O–H groups in total. The van der Waals surface area contributed by atoms with E-state index in [1.165, 1.54) is 0 Å². The summed E-state index contributed by atoms with van der Waals surface area (Å²) >= 11 is 3.46. The quantitative estimate of drug-likeness (QED) is 0.894. The summed E-state index contributed by atoms with van der Waals surface area (Å²) in [4.78, 5) is 13.8. The number of primary amides is 1. The van der Waals surface area contributed by atoms with E-state index < -0.39 is 0 Å². The van der Waals surface area contributed by atoms with Crippen molar-refractivity contribution in [1.82, 2.24) is 0 Å². The number of hydrogen-bond acceptors (Lipinski definition) is 3. The summed E-state index contributed by atoms with van der Waals surface area (Å²) in [5.41, 5.74) is 12.8. The minimum absolute atomic E-state index is 0.385. The number of carbonyl (C=O) groups is 1. The highest BCUT2D eigenvalue weighted by molar-refractivity contribution is 9.10. The number of amides is 1. The molecule has 2 rings (SSSR count). The molecule has 0 radical (unpaired) electrons. The van der Waals surface area contributed by atoms with Crippen LogP contribution in [0, 0.1) is 5.92 Å². The molecule has 2 unspecified atom stereocenters. The van der Waals surface area contributed by atoms with Gasteiger partial charge >= 0.3 is 0 Å². The van der Waals surface area contributed by atoms with E-state index in [2.05, 4.69) is 27.8 Å². The van der Waals surface area contributed by atoms with Gasteiger partial charge < -0.3 is 16.4 Å². The van der Waals surface area contributed by atoms with Crippen LogP contribution in [0.5, 0.6) is 0 Å².